The van der Waals surface area contributed by atoms with Crippen molar-refractivity contribution in [3.8, 4) is 0 Å². The second-order valence-corrected chi connectivity index (χ2v) is 2.03. The minimum Gasteiger partial charge on any atom is -0.480 e. The maximum atomic E-state index is 10.4. The van der Waals surface area contributed by atoms with Crippen LogP contribution in [0.1, 0.15) is 6.92 Å². The molecule has 1 rings (SSSR count). The van der Waals surface area contributed by atoms with Gasteiger partial charge in [-0.15, -0.1) is 0 Å². The highest BCUT2D eigenvalue weighted by molar-refractivity contribution is 5.87. The molecule has 1 unspecified atom stereocenters. The number of carbonyl (C=O) groups is 2. The first-order chi connectivity index (χ1) is 4.13. The minimum atomic E-state index is -0.912. The molecule has 1 fully saturated rings. The van der Waals surface area contributed by atoms with Crippen molar-refractivity contribution in [2.24, 2.45) is 0 Å². The normalized spacial score (nSPS) is 23.7. The van der Waals surface area contributed by atoms with Crippen LogP contribution in [0.3, 0.4) is 0 Å². The van der Waals surface area contributed by atoms with E-state index in [1.165, 1.54) is 11.8 Å². The summed E-state index contributed by atoms with van der Waals surface area (Å²) in [7, 11) is 0. The van der Waals surface area contributed by atoms with Gasteiger partial charge in [0.25, 0.3) is 0 Å². The average molecular weight is 129 g/mol. The first kappa shape index (κ1) is 6.07. The lowest BCUT2D eigenvalue weighted by molar-refractivity contribution is -0.139. The topological polar surface area (TPSA) is 57.4 Å². The van der Waals surface area contributed by atoms with Crippen molar-refractivity contribution < 1.29 is 14.7 Å². The van der Waals surface area contributed by atoms with Gasteiger partial charge in [0.2, 0.25) is 5.91 Å². The van der Waals surface area contributed by atoms with Crippen molar-refractivity contribution in [1.82, 2.24) is 4.90 Å². The smallest absolute Gasteiger partial charge is 0.328 e. The van der Waals surface area contributed by atoms with Gasteiger partial charge in [-0.25, -0.2) is 4.79 Å². The summed E-state index contributed by atoms with van der Waals surface area (Å²) in [5.74, 6) is -1.08. The van der Waals surface area contributed by atoms with Crippen LogP contribution in [0, 0.1) is 0 Å². The Morgan fingerprint density at radius 2 is 2.22 bits per heavy atom. The molecule has 1 aliphatic heterocycles. The third-order valence-corrected chi connectivity index (χ3v) is 1.30. The lowest BCUT2D eigenvalue weighted by atomic mass is 10.5. The van der Waals surface area contributed by atoms with Gasteiger partial charge in [-0.05, 0) is 0 Å². The Morgan fingerprint density at radius 1 is 1.67 bits per heavy atom. The first-order valence-corrected chi connectivity index (χ1v) is 2.63. The highest BCUT2D eigenvalue weighted by Crippen LogP contribution is 2.16. The van der Waals surface area contributed by atoms with Gasteiger partial charge < -0.3 is 10.0 Å². The van der Waals surface area contributed by atoms with Gasteiger partial charge in [-0.3, -0.25) is 4.79 Å². The molecule has 9 heavy (non-hydrogen) atoms. The molecule has 1 N–H and O–H groups in total. The van der Waals surface area contributed by atoms with E-state index in [9.17, 15) is 9.59 Å². The molecular formula is C5H7NO3. The molecule has 0 bridgehead atoms. The average Bonchev–Trinajstić information content (AvgIpc) is 2.39. The van der Waals surface area contributed by atoms with Gasteiger partial charge in [-0.1, -0.05) is 0 Å². The van der Waals surface area contributed by atoms with Crippen molar-refractivity contribution in [3.63, 3.8) is 0 Å². The van der Waals surface area contributed by atoms with Crippen LogP contribution in [0.2, 0.25) is 0 Å². The van der Waals surface area contributed by atoms with E-state index in [4.69, 9.17) is 5.11 Å². The number of carboxylic acid groups (broad SMARTS) is 1. The highest BCUT2D eigenvalue weighted by atomic mass is 16.4. The van der Waals surface area contributed by atoms with Crippen LogP contribution in [0.25, 0.3) is 0 Å². The number of amides is 1. The number of carbonyl (C=O) groups excluding carboxylic acids is 1. The zero-order valence-electron chi connectivity index (χ0n) is 5.00. The van der Waals surface area contributed by atoms with Gasteiger partial charge >= 0.3 is 5.97 Å². The maximum absolute atomic E-state index is 10.4. The molecule has 0 spiro atoms. The molecular weight excluding hydrogens is 122 g/mol. The van der Waals surface area contributed by atoms with Crippen molar-refractivity contribution in [3.05, 3.63) is 0 Å². The zero-order valence-corrected chi connectivity index (χ0v) is 5.00. The van der Waals surface area contributed by atoms with E-state index in [2.05, 4.69) is 0 Å². The summed E-state index contributed by atoms with van der Waals surface area (Å²) in [5.41, 5.74) is 0. The van der Waals surface area contributed by atoms with Gasteiger partial charge in [0.1, 0.15) is 6.04 Å². The lowest BCUT2D eigenvalue weighted by Gasteiger charge is -1.91. The molecule has 4 nitrogen and oxygen atoms in total. The number of hydrogen-bond donors (Lipinski definition) is 1. The Labute approximate surface area is 52.1 Å². The van der Waals surface area contributed by atoms with Crippen molar-refractivity contribution in [2.45, 2.75) is 13.0 Å². The van der Waals surface area contributed by atoms with Gasteiger partial charge in [0.15, 0.2) is 0 Å². The quantitative estimate of drug-likeness (QED) is 0.476. The van der Waals surface area contributed by atoms with Crippen LogP contribution in [-0.2, 0) is 9.59 Å². The van der Waals surface area contributed by atoms with E-state index in [0.717, 1.165) is 0 Å². The number of carboxylic acids is 1. The van der Waals surface area contributed by atoms with Gasteiger partial charge in [0, 0.05) is 6.92 Å². The van der Waals surface area contributed by atoms with Crippen LogP contribution in [0.15, 0.2) is 0 Å². The molecule has 4 heteroatoms. The summed E-state index contributed by atoms with van der Waals surface area (Å²) in [6.07, 6.45) is 0. The van der Waals surface area contributed by atoms with Crippen molar-refractivity contribution in [2.75, 3.05) is 6.54 Å². The Hall–Kier alpha value is -1.06. The predicted octanol–water partition coefficient (Wildman–Crippen LogP) is -0.698. The fraction of sp³-hybridized carbons (Fsp3) is 0.600. The summed E-state index contributed by atoms with van der Waals surface area (Å²) in [4.78, 5) is 21.8. The van der Waals surface area contributed by atoms with Crippen LogP contribution >= 0.6 is 0 Å². The molecule has 50 valence electrons. The fourth-order valence-electron chi connectivity index (χ4n) is 0.699. The van der Waals surface area contributed by atoms with Crippen molar-refractivity contribution >= 4 is 11.9 Å². The fourth-order valence-corrected chi connectivity index (χ4v) is 0.699. The number of hydrogen-bond acceptors (Lipinski definition) is 2. The van der Waals surface area contributed by atoms with E-state index in [-0.39, 0.29) is 5.91 Å². The SMILES string of the molecule is CC(=O)N1CC1C(=O)O. The second-order valence-electron chi connectivity index (χ2n) is 2.03. The molecule has 1 atom stereocenters. The van der Waals surface area contributed by atoms with Crippen LogP contribution < -0.4 is 0 Å². The second kappa shape index (κ2) is 1.72. The number of rotatable bonds is 1. The molecule has 0 aromatic carbocycles. The molecule has 0 aromatic rings. The molecule has 1 heterocycles. The predicted molar refractivity (Wildman–Crippen MR) is 28.8 cm³/mol. The van der Waals surface area contributed by atoms with E-state index < -0.39 is 12.0 Å². The number of aliphatic carboxylic acids is 1. The third kappa shape index (κ3) is 1.01. The van der Waals surface area contributed by atoms with Gasteiger partial charge in [0.05, 0.1) is 6.54 Å². The molecule has 0 radical (unpaired) electrons. The third-order valence-electron chi connectivity index (χ3n) is 1.30. The van der Waals surface area contributed by atoms with E-state index >= 15 is 0 Å². The first-order valence-electron chi connectivity index (χ1n) is 2.63. The standard InChI is InChI=1S/C5H7NO3/c1-3(7)6-2-4(6)5(8)9/h4H,2H2,1H3,(H,8,9). The van der Waals surface area contributed by atoms with Crippen LogP contribution in [-0.4, -0.2) is 34.5 Å². The minimum absolute atomic E-state index is 0.164. The number of nitrogens with zero attached hydrogens (tertiary/aromatic N) is 1. The Morgan fingerprint density at radius 3 is 2.33 bits per heavy atom. The van der Waals surface area contributed by atoms with E-state index in [1.54, 1.807) is 0 Å². The lowest BCUT2D eigenvalue weighted by Crippen LogP contribution is -2.15. The van der Waals surface area contributed by atoms with E-state index in [0.29, 0.717) is 6.54 Å². The highest BCUT2D eigenvalue weighted by Gasteiger charge is 2.42. The zero-order chi connectivity index (χ0) is 7.02. The summed E-state index contributed by atoms with van der Waals surface area (Å²) >= 11 is 0. The van der Waals surface area contributed by atoms with Crippen molar-refractivity contribution in [1.29, 1.82) is 0 Å². The van der Waals surface area contributed by atoms with Crippen LogP contribution in [0.5, 0.6) is 0 Å². The molecule has 0 saturated carbocycles. The Bertz CT molecular complexity index is 148. The summed E-state index contributed by atoms with van der Waals surface area (Å²) in [6.45, 7) is 1.74. The summed E-state index contributed by atoms with van der Waals surface area (Å²) in [6, 6.07) is -0.539. The molecule has 1 amide bonds. The van der Waals surface area contributed by atoms with Crippen LogP contribution in [0.4, 0.5) is 0 Å². The maximum Gasteiger partial charge on any atom is 0.328 e. The monoisotopic (exact) mass is 129 g/mol. The van der Waals surface area contributed by atoms with Gasteiger partial charge in [-0.2, -0.15) is 0 Å². The molecule has 1 aliphatic rings. The summed E-state index contributed by atoms with van der Waals surface area (Å²) in [5, 5.41) is 8.28. The Kier molecular flexibility index (Phi) is 1.16. The molecule has 0 aliphatic carbocycles. The largest absolute Gasteiger partial charge is 0.480 e. The molecule has 1 saturated heterocycles. The van der Waals surface area contributed by atoms with E-state index in [1.807, 2.05) is 0 Å². The summed E-state index contributed by atoms with van der Waals surface area (Å²) < 4.78 is 0. The molecule has 0 aromatic heterocycles. The Balaban J connectivity index is 2.42.